The van der Waals surface area contributed by atoms with E-state index in [1.54, 1.807) is 30.3 Å². The summed E-state index contributed by atoms with van der Waals surface area (Å²) in [6, 6.07) is 14.3. The van der Waals surface area contributed by atoms with Gasteiger partial charge in [-0.2, -0.15) is 29.2 Å². The molecule has 2 atom stereocenters. The van der Waals surface area contributed by atoms with E-state index in [4.69, 9.17) is 14.1 Å². The first kappa shape index (κ1) is 47.5. The highest BCUT2D eigenvalue weighted by Gasteiger charge is 2.31. The Kier molecular flexibility index (Phi) is 13.3. The molecule has 0 spiro atoms. The van der Waals surface area contributed by atoms with E-state index in [0.29, 0.717) is 47.8 Å². The lowest BCUT2D eigenvalue weighted by Crippen LogP contribution is -2.30. The van der Waals surface area contributed by atoms with E-state index in [0.717, 1.165) is 38.9 Å². The number of hydrogen-bond acceptors (Lipinski definition) is 17. The smallest absolute Gasteiger partial charge is 0.354 e. The zero-order chi connectivity index (χ0) is 50.6. The highest BCUT2D eigenvalue weighted by molar-refractivity contribution is 5.99. The van der Waals surface area contributed by atoms with E-state index in [-0.39, 0.29) is 66.2 Å². The minimum atomic E-state index is -1.27. The van der Waals surface area contributed by atoms with Gasteiger partial charge in [0.2, 0.25) is 0 Å². The van der Waals surface area contributed by atoms with Gasteiger partial charge in [-0.05, 0) is 113 Å². The van der Waals surface area contributed by atoms with Crippen molar-refractivity contribution >= 4 is 58.2 Å². The lowest BCUT2D eigenvalue weighted by Gasteiger charge is -2.16. The number of amides is 3. The van der Waals surface area contributed by atoms with Crippen molar-refractivity contribution in [3.8, 4) is 0 Å². The maximum Gasteiger partial charge on any atom is 0.354 e. The summed E-state index contributed by atoms with van der Waals surface area (Å²) in [4.78, 5) is 91.6. The number of rotatable bonds is 14. The summed E-state index contributed by atoms with van der Waals surface area (Å²) < 4.78 is 17.5. The molecule has 72 heavy (non-hydrogen) atoms. The van der Waals surface area contributed by atoms with E-state index in [2.05, 4.69) is 69.6 Å². The van der Waals surface area contributed by atoms with Crippen LogP contribution in [-0.4, -0.2) is 103 Å². The molecule has 2 aliphatic carbocycles. The first-order valence-electron chi connectivity index (χ1n) is 22.4. The Bertz CT molecular complexity index is 3520. The molecular weight excluding hydrogens is 931 g/mol. The topological polar surface area (TPSA) is 302 Å². The second kappa shape index (κ2) is 20.2. The molecule has 0 unspecified atom stereocenters. The van der Waals surface area contributed by atoms with Gasteiger partial charge >= 0.3 is 17.9 Å². The molecule has 0 saturated carbocycles. The molecule has 3 amide bonds. The van der Waals surface area contributed by atoms with Crippen molar-refractivity contribution in [3.05, 3.63) is 165 Å². The average molecular weight is 974 g/mol. The molecule has 23 heteroatoms. The van der Waals surface area contributed by atoms with Gasteiger partial charge in [0.05, 0.1) is 23.2 Å². The zero-order valence-corrected chi connectivity index (χ0v) is 38.6. The minimum Gasteiger partial charge on any atom is -0.477 e. The third-order valence-electron chi connectivity index (χ3n) is 12.3. The van der Waals surface area contributed by atoms with Crippen molar-refractivity contribution in [1.82, 2.24) is 65.4 Å². The first-order valence-corrected chi connectivity index (χ1v) is 22.4. The van der Waals surface area contributed by atoms with Crippen LogP contribution < -0.4 is 16.0 Å². The fraction of sp³-hybridized carbons (Fsp3) is 0.224. The van der Waals surface area contributed by atoms with Crippen LogP contribution in [-0.2, 0) is 28.9 Å². The average Bonchev–Trinajstić information content (AvgIpc) is 4.25. The van der Waals surface area contributed by atoms with E-state index in [9.17, 15) is 33.9 Å². The monoisotopic (exact) mass is 973 g/mol. The number of aromatic carboxylic acids is 1. The van der Waals surface area contributed by atoms with Gasteiger partial charge in [-0.25, -0.2) is 29.0 Å². The number of carbonyl (C=O) groups is 6. The molecule has 4 N–H and O–H groups in total. The van der Waals surface area contributed by atoms with Gasteiger partial charge in [0.1, 0.15) is 54.0 Å². The third kappa shape index (κ3) is 9.44. The Labute approximate surface area is 407 Å². The van der Waals surface area contributed by atoms with Crippen LogP contribution in [0.25, 0.3) is 22.6 Å². The second-order valence-electron chi connectivity index (χ2n) is 16.6. The maximum atomic E-state index is 13.5. The van der Waals surface area contributed by atoms with E-state index in [1.807, 2.05) is 26.0 Å². The van der Waals surface area contributed by atoms with Crippen molar-refractivity contribution in [2.45, 2.75) is 58.2 Å². The number of hydrogen-bond donors (Lipinski definition) is 4. The second-order valence-corrected chi connectivity index (χ2v) is 16.6. The normalized spacial score (nSPS) is 14.4. The van der Waals surface area contributed by atoms with E-state index in [1.165, 1.54) is 46.0 Å². The molecule has 23 nitrogen and oxygen atoms in total. The largest absolute Gasteiger partial charge is 0.477 e. The molecule has 8 aromatic rings. The van der Waals surface area contributed by atoms with Crippen LogP contribution in [0.15, 0.2) is 97.2 Å². The number of aromatic nitrogens is 10. The quantitative estimate of drug-likeness (QED) is 0.0858. The minimum absolute atomic E-state index is 0.0187. The Balaban J connectivity index is 0.000000185. The van der Waals surface area contributed by atoms with Crippen LogP contribution in [0, 0.1) is 13.8 Å². The molecule has 0 fully saturated rings. The van der Waals surface area contributed by atoms with Gasteiger partial charge in [0.25, 0.3) is 29.3 Å². The Morgan fingerprint density at radius 1 is 0.694 bits per heavy atom. The van der Waals surface area contributed by atoms with Crippen molar-refractivity contribution in [2.24, 2.45) is 0 Å². The molecule has 0 aliphatic heterocycles. The van der Waals surface area contributed by atoms with E-state index < -0.39 is 35.6 Å². The van der Waals surface area contributed by atoms with Gasteiger partial charge in [0.15, 0.2) is 5.69 Å². The van der Waals surface area contributed by atoms with Gasteiger partial charge in [-0.1, -0.05) is 43.5 Å². The van der Waals surface area contributed by atoms with Crippen LogP contribution in [0.5, 0.6) is 0 Å². The van der Waals surface area contributed by atoms with Crippen LogP contribution in [0.3, 0.4) is 0 Å². The van der Waals surface area contributed by atoms with Crippen LogP contribution in [0.2, 0.25) is 0 Å². The molecule has 0 bridgehead atoms. The van der Waals surface area contributed by atoms with Crippen LogP contribution in [0.1, 0.15) is 127 Å². The van der Waals surface area contributed by atoms with Crippen LogP contribution >= 0.6 is 0 Å². The number of carboxylic acids is 1. The SMILES string of the molecule is C=CCOC(=O)c1ccc2c(c1C)CC[C@@H]2NC(=O)c1cc(C(=O)NCc2ccc3nonc3c2)nc2ncnn12.C=CCOC(=O)c1ccc2c(c1C)CC[C@@H]2NC(=O)c1cc(C(=O)O)nc2ncnn12. The summed E-state index contributed by atoms with van der Waals surface area (Å²) in [5, 5.41) is 33.7. The number of carbonyl (C=O) groups excluding carboxylic acids is 5. The summed E-state index contributed by atoms with van der Waals surface area (Å²) in [5.41, 5.74) is 8.29. The first-order chi connectivity index (χ1) is 34.8. The van der Waals surface area contributed by atoms with Gasteiger partial charge in [0, 0.05) is 18.7 Å². The van der Waals surface area contributed by atoms with E-state index >= 15 is 0 Å². The number of esters is 2. The zero-order valence-electron chi connectivity index (χ0n) is 38.6. The number of carboxylic acid groups (broad SMARTS) is 1. The van der Waals surface area contributed by atoms with Gasteiger partial charge < -0.3 is 30.5 Å². The molecular formula is C49H43N13O10. The predicted octanol–water partition coefficient (Wildman–Crippen LogP) is 4.55. The molecule has 5 aromatic heterocycles. The molecule has 0 saturated heterocycles. The Morgan fingerprint density at radius 3 is 1.74 bits per heavy atom. The molecule has 5 heterocycles. The highest BCUT2D eigenvalue weighted by atomic mass is 16.6. The lowest BCUT2D eigenvalue weighted by atomic mass is 9.98. The lowest BCUT2D eigenvalue weighted by molar-refractivity contribution is 0.0539. The predicted molar refractivity (Wildman–Crippen MR) is 252 cm³/mol. The molecule has 364 valence electrons. The summed E-state index contributed by atoms with van der Waals surface area (Å²) in [6.07, 6.45) is 8.16. The number of benzene rings is 3. The third-order valence-corrected chi connectivity index (χ3v) is 12.3. The Hall–Kier alpha value is -9.54. The molecule has 3 aromatic carbocycles. The van der Waals surface area contributed by atoms with Crippen molar-refractivity contribution in [2.75, 3.05) is 13.2 Å². The Morgan fingerprint density at radius 2 is 1.21 bits per heavy atom. The van der Waals surface area contributed by atoms with Gasteiger partial charge in [-0.3, -0.25) is 14.4 Å². The fourth-order valence-electron chi connectivity index (χ4n) is 8.78. The molecule has 10 rings (SSSR count). The summed E-state index contributed by atoms with van der Waals surface area (Å²) >= 11 is 0. The number of nitrogens with zero attached hydrogens (tertiary/aromatic N) is 10. The summed E-state index contributed by atoms with van der Waals surface area (Å²) in [7, 11) is 0. The summed E-state index contributed by atoms with van der Waals surface area (Å²) in [6.45, 7) is 11.3. The number of fused-ring (bicyclic) bond motifs is 5. The molecule has 0 radical (unpaired) electrons. The van der Waals surface area contributed by atoms with Crippen molar-refractivity contribution < 1.29 is 48.0 Å². The van der Waals surface area contributed by atoms with Crippen molar-refractivity contribution in [3.63, 3.8) is 0 Å². The fourth-order valence-corrected chi connectivity index (χ4v) is 8.78. The number of nitrogens with one attached hydrogen (secondary N) is 3. The molecule has 2 aliphatic rings. The number of ether oxygens (including phenoxy) is 2. The summed E-state index contributed by atoms with van der Waals surface area (Å²) in [5.74, 6) is -3.38. The van der Waals surface area contributed by atoms with Gasteiger partial charge in [-0.15, -0.1) is 0 Å². The standard InChI is InChI=1S/C28H24N8O5.C21H19N5O5/c1-3-10-40-27(39)18-5-6-19-17(15(18)2)7-9-20(19)32-26(38)24-12-23(33-28-30-14-31-36(24)28)25(37)29-13-16-4-8-21-22(11-16)35-41-34-21;1-3-8-31-20(30)13-4-5-14-12(11(13)2)6-7-15(14)24-18(27)17-9-16(19(28)29)25-21-22-10-23-26(17)21/h3-6,8,11-12,14,20H,1,7,9-10,13H2,2H3,(H,29,37)(H,32,38);3-5,9-10,15H,1,6-8H2,2H3,(H,24,27)(H,28,29)/t20-;15-/m00/s1. The van der Waals surface area contributed by atoms with Crippen molar-refractivity contribution in [1.29, 1.82) is 0 Å². The maximum absolute atomic E-state index is 13.5. The highest BCUT2D eigenvalue weighted by Crippen LogP contribution is 2.36. The van der Waals surface area contributed by atoms with Crippen LogP contribution in [0.4, 0.5) is 0 Å².